The van der Waals surface area contributed by atoms with Crippen molar-refractivity contribution in [3.05, 3.63) is 60.2 Å². The molecule has 0 fully saturated rings. The summed E-state index contributed by atoms with van der Waals surface area (Å²) in [5.41, 5.74) is 2.31. The van der Waals surface area contributed by atoms with E-state index in [2.05, 4.69) is 20.8 Å². The Morgan fingerprint density at radius 1 is 1.14 bits per heavy atom. The summed E-state index contributed by atoms with van der Waals surface area (Å²) >= 11 is 1.20. The Labute approximate surface area is 165 Å². The van der Waals surface area contributed by atoms with Crippen LogP contribution in [0.2, 0.25) is 0 Å². The van der Waals surface area contributed by atoms with Crippen LogP contribution in [0.1, 0.15) is 12.5 Å². The normalized spacial score (nSPS) is 10.5. The number of thioether (sulfide) groups is 1. The summed E-state index contributed by atoms with van der Waals surface area (Å²) in [5.74, 6) is -0.738. The number of carbonyl (C=O) groups excluding carboxylic acids is 2. The van der Waals surface area contributed by atoms with Crippen LogP contribution in [0.5, 0.6) is 0 Å². The Balaban J connectivity index is 1.66. The Morgan fingerprint density at radius 2 is 1.93 bits per heavy atom. The number of hydrogen-bond acceptors (Lipinski definition) is 5. The van der Waals surface area contributed by atoms with Crippen LogP contribution in [-0.2, 0) is 9.59 Å². The van der Waals surface area contributed by atoms with Gasteiger partial charge >= 0.3 is 0 Å². The third-order valence-electron chi connectivity index (χ3n) is 3.75. The van der Waals surface area contributed by atoms with E-state index < -0.39 is 0 Å². The summed E-state index contributed by atoms with van der Waals surface area (Å²) in [6.45, 7) is 3.09. The molecule has 0 spiro atoms. The summed E-state index contributed by atoms with van der Waals surface area (Å²) in [5, 5.41) is 13.8. The van der Waals surface area contributed by atoms with Gasteiger partial charge in [-0.05, 0) is 42.8 Å². The highest BCUT2D eigenvalue weighted by atomic mass is 32.2. The molecule has 0 aliphatic carbocycles. The Kier molecular flexibility index (Phi) is 6.05. The van der Waals surface area contributed by atoms with Gasteiger partial charge in [0.15, 0.2) is 5.16 Å². The molecule has 0 radical (unpaired) electrons. The molecule has 2 N–H and O–H groups in total. The minimum absolute atomic E-state index is 0.0829. The van der Waals surface area contributed by atoms with Crippen molar-refractivity contribution < 1.29 is 14.0 Å². The third-order valence-corrected chi connectivity index (χ3v) is 4.69. The molecular formula is C19H18FN5O2S. The standard InChI is InChI=1S/C19H18FN5O2S/c1-12-6-7-15(9-17(12)20)23-18(27)10-28-19-24-21-11-25(19)16-5-3-4-14(8-16)22-13(2)26/h3-9,11H,10H2,1-2H3,(H,22,26)(H,23,27). The van der Waals surface area contributed by atoms with Crippen molar-refractivity contribution in [1.82, 2.24) is 14.8 Å². The average molecular weight is 399 g/mol. The molecule has 1 aromatic heterocycles. The first-order valence-corrected chi connectivity index (χ1v) is 9.38. The van der Waals surface area contributed by atoms with E-state index in [4.69, 9.17) is 0 Å². The van der Waals surface area contributed by atoms with Gasteiger partial charge in [-0.3, -0.25) is 14.2 Å². The summed E-state index contributed by atoms with van der Waals surface area (Å²) in [7, 11) is 0. The van der Waals surface area contributed by atoms with Gasteiger partial charge in [0.1, 0.15) is 12.1 Å². The van der Waals surface area contributed by atoms with Gasteiger partial charge in [-0.25, -0.2) is 4.39 Å². The number of benzene rings is 2. The summed E-state index contributed by atoms with van der Waals surface area (Å²) < 4.78 is 15.3. The molecule has 7 nitrogen and oxygen atoms in total. The molecule has 0 bridgehead atoms. The molecule has 2 aromatic carbocycles. The van der Waals surface area contributed by atoms with Crippen molar-refractivity contribution in [3.8, 4) is 5.69 Å². The van der Waals surface area contributed by atoms with Crippen molar-refractivity contribution >= 4 is 35.0 Å². The number of anilines is 2. The van der Waals surface area contributed by atoms with E-state index in [0.717, 1.165) is 5.69 Å². The van der Waals surface area contributed by atoms with Crippen LogP contribution in [0, 0.1) is 12.7 Å². The maximum absolute atomic E-state index is 13.6. The molecule has 0 saturated heterocycles. The Bertz CT molecular complexity index is 1020. The van der Waals surface area contributed by atoms with Gasteiger partial charge in [0.05, 0.1) is 11.4 Å². The van der Waals surface area contributed by atoms with Gasteiger partial charge in [0.2, 0.25) is 11.8 Å². The predicted molar refractivity (Wildman–Crippen MR) is 106 cm³/mol. The second-order valence-corrected chi connectivity index (χ2v) is 6.96. The molecule has 1 heterocycles. The van der Waals surface area contributed by atoms with E-state index in [9.17, 15) is 14.0 Å². The first-order valence-electron chi connectivity index (χ1n) is 8.39. The number of nitrogens with zero attached hydrogens (tertiary/aromatic N) is 3. The van der Waals surface area contributed by atoms with Gasteiger partial charge in [-0.2, -0.15) is 0 Å². The van der Waals surface area contributed by atoms with Crippen molar-refractivity contribution in [2.45, 2.75) is 19.0 Å². The fraction of sp³-hybridized carbons (Fsp3) is 0.158. The summed E-state index contributed by atoms with van der Waals surface area (Å²) in [6, 6.07) is 11.7. The number of aromatic nitrogens is 3. The van der Waals surface area contributed by atoms with E-state index in [1.165, 1.54) is 31.1 Å². The highest BCUT2D eigenvalue weighted by Gasteiger charge is 2.11. The van der Waals surface area contributed by atoms with Gasteiger partial charge in [-0.1, -0.05) is 23.9 Å². The average Bonchev–Trinajstić information content (AvgIpc) is 3.11. The summed E-state index contributed by atoms with van der Waals surface area (Å²) in [6.07, 6.45) is 1.53. The molecule has 0 aliphatic heterocycles. The first kappa shape index (κ1) is 19.6. The Morgan fingerprint density at radius 3 is 2.68 bits per heavy atom. The molecule has 0 unspecified atom stereocenters. The van der Waals surface area contributed by atoms with Gasteiger partial charge < -0.3 is 10.6 Å². The van der Waals surface area contributed by atoms with Crippen LogP contribution >= 0.6 is 11.8 Å². The minimum atomic E-state index is -0.371. The highest BCUT2D eigenvalue weighted by Crippen LogP contribution is 2.22. The molecule has 28 heavy (non-hydrogen) atoms. The van der Waals surface area contributed by atoms with Crippen LogP contribution < -0.4 is 10.6 Å². The number of carbonyl (C=O) groups is 2. The monoisotopic (exact) mass is 399 g/mol. The maximum atomic E-state index is 13.6. The predicted octanol–water partition coefficient (Wildman–Crippen LogP) is 3.40. The van der Waals surface area contributed by atoms with E-state index in [1.807, 2.05) is 6.07 Å². The van der Waals surface area contributed by atoms with Gasteiger partial charge in [0.25, 0.3) is 0 Å². The number of nitrogens with one attached hydrogen (secondary N) is 2. The number of halogens is 1. The lowest BCUT2D eigenvalue weighted by atomic mass is 10.2. The lowest BCUT2D eigenvalue weighted by Crippen LogP contribution is -2.14. The van der Waals surface area contributed by atoms with Crippen LogP contribution in [0.15, 0.2) is 53.9 Å². The van der Waals surface area contributed by atoms with Gasteiger partial charge in [-0.15, -0.1) is 10.2 Å². The van der Waals surface area contributed by atoms with Crippen molar-refractivity contribution in [1.29, 1.82) is 0 Å². The number of amides is 2. The van der Waals surface area contributed by atoms with Crippen molar-refractivity contribution in [3.63, 3.8) is 0 Å². The molecule has 0 aliphatic rings. The molecule has 0 saturated carbocycles. The largest absolute Gasteiger partial charge is 0.326 e. The van der Waals surface area contributed by atoms with Crippen LogP contribution in [0.4, 0.5) is 15.8 Å². The van der Waals surface area contributed by atoms with Crippen LogP contribution in [0.3, 0.4) is 0 Å². The molecule has 3 aromatic rings. The van der Waals surface area contributed by atoms with Crippen molar-refractivity contribution in [2.24, 2.45) is 0 Å². The zero-order valence-electron chi connectivity index (χ0n) is 15.3. The van der Waals surface area contributed by atoms with Crippen molar-refractivity contribution in [2.75, 3.05) is 16.4 Å². The Hall–Kier alpha value is -3.20. The number of aryl methyl sites for hydroxylation is 1. The van der Waals surface area contributed by atoms with Crippen LogP contribution in [0.25, 0.3) is 5.69 Å². The molecule has 0 atom stereocenters. The van der Waals surface area contributed by atoms with E-state index >= 15 is 0 Å². The molecule has 9 heteroatoms. The number of rotatable bonds is 6. The van der Waals surface area contributed by atoms with E-state index in [-0.39, 0.29) is 23.4 Å². The highest BCUT2D eigenvalue weighted by molar-refractivity contribution is 7.99. The minimum Gasteiger partial charge on any atom is -0.326 e. The molecule has 2 amide bonds. The quantitative estimate of drug-likeness (QED) is 0.620. The third kappa shape index (κ3) is 4.95. The number of hydrogen-bond donors (Lipinski definition) is 2. The summed E-state index contributed by atoms with van der Waals surface area (Å²) in [4.78, 5) is 23.4. The lowest BCUT2D eigenvalue weighted by molar-refractivity contribution is -0.114. The zero-order valence-corrected chi connectivity index (χ0v) is 16.1. The van der Waals surface area contributed by atoms with Gasteiger partial charge in [0, 0.05) is 18.3 Å². The fourth-order valence-electron chi connectivity index (χ4n) is 2.43. The first-order chi connectivity index (χ1) is 13.4. The molecule has 3 rings (SSSR count). The zero-order chi connectivity index (χ0) is 20.1. The van der Waals surface area contributed by atoms with E-state index in [1.54, 1.807) is 41.8 Å². The second-order valence-electron chi connectivity index (χ2n) is 6.02. The second kappa shape index (κ2) is 8.66. The van der Waals surface area contributed by atoms with E-state index in [0.29, 0.717) is 22.1 Å². The SMILES string of the molecule is CC(=O)Nc1cccc(-n2cnnc2SCC(=O)Nc2ccc(C)c(F)c2)c1. The maximum Gasteiger partial charge on any atom is 0.234 e. The van der Waals surface area contributed by atoms with Crippen LogP contribution in [-0.4, -0.2) is 32.3 Å². The fourth-order valence-corrected chi connectivity index (χ4v) is 3.16. The smallest absolute Gasteiger partial charge is 0.234 e. The lowest BCUT2D eigenvalue weighted by Gasteiger charge is -2.09. The molecular weight excluding hydrogens is 381 g/mol. The molecule has 144 valence electrons. The topological polar surface area (TPSA) is 88.9 Å².